The lowest BCUT2D eigenvalue weighted by molar-refractivity contribution is 0.0594. The minimum Gasteiger partial charge on any atom is -0.478 e. The van der Waals surface area contributed by atoms with Crippen LogP contribution in [0.1, 0.15) is 79.0 Å². The summed E-state index contributed by atoms with van der Waals surface area (Å²) in [6.45, 7) is 7.72. The zero-order valence-corrected chi connectivity index (χ0v) is 25.9. The van der Waals surface area contributed by atoms with Crippen LogP contribution >= 0.6 is 23.1 Å². The first-order chi connectivity index (χ1) is 21.5. The number of aromatic nitrogens is 9. The first-order valence-electron chi connectivity index (χ1n) is 13.9. The fourth-order valence-corrected chi connectivity index (χ4v) is 5.92. The highest BCUT2D eigenvalue weighted by molar-refractivity contribution is 7.09. The summed E-state index contributed by atoms with van der Waals surface area (Å²) in [6.07, 6.45) is 10.7. The van der Waals surface area contributed by atoms with Gasteiger partial charge in [0.1, 0.15) is 22.6 Å². The number of rotatable bonds is 6. The molecule has 15 nitrogen and oxygen atoms in total. The average molecular weight is 648 g/mol. The topological polar surface area (TPSA) is 191 Å². The van der Waals surface area contributed by atoms with Gasteiger partial charge in [0.15, 0.2) is 15.9 Å². The first-order valence-corrected chi connectivity index (χ1v) is 14.7. The number of carbonyl (C=O) groups excluding carboxylic acids is 1. The van der Waals surface area contributed by atoms with E-state index >= 15 is 0 Å². The van der Waals surface area contributed by atoms with E-state index in [0.717, 1.165) is 24.4 Å². The quantitative estimate of drug-likeness (QED) is 0.272. The molecule has 0 radical (unpaired) electrons. The molecule has 1 aliphatic rings. The van der Waals surface area contributed by atoms with E-state index in [9.17, 15) is 19.1 Å². The average Bonchev–Trinajstić information content (AvgIpc) is 3.83. The summed E-state index contributed by atoms with van der Waals surface area (Å²) in [5.41, 5.74) is 0.0656. The number of carboxylic acids is 1. The van der Waals surface area contributed by atoms with E-state index in [1.807, 2.05) is 11.8 Å². The summed E-state index contributed by atoms with van der Waals surface area (Å²) in [4.78, 5) is 33.1. The molecule has 1 saturated heterocycles. The maximum Gasteiger partial charge on any atom is 0.340 e. The molecule has 1 fully saturated rings. The molecule has 0 spiro atoms. The second kappa shape index (κ2) is 13.9. The van der Waals surface area contributed by atoms with Crippen molar-refractivity contribution in [3.8, 4) is 10.0 Å². The van der Waals surface area contributed by atoms with Crippen LogP contribution in [0.15, 0.2) is 41.6 Å². The molecule has 1 aliphatic heterocycles. The van der Waals surface area contributed by atoms with Crippen LogP contribution in [0.2, 0.25) is 0 Å². The molecular formula is C26H31FN10O5S2. The second-order valence-corrected chi connectivity index (χ2v) is 11.7. The lowest BCUT2D eigenvalue weighted by atomic mass is 9.92. The van der Waals surface area contributed by atoms with E-state index in [1.165, 1.54) is 39.7 Å². The normalized spacial score (nSPS) is 16.8. The molecule has 1 amide bonds. The molecule has 0 bridgehead atoms. The number of likely N-dealkylation sites (tertiary alicyclic amines) is 1. The number of halogens is 1. The van der Waals surface area contributed by atoms with Crippen LogP contribution in [0.25, 0.3) is 10.0 Å². The van der Waals surface area contributed by atoms with Crippen LogP contribution in [0.5, 0.6) is 0 Å². The molecule has 0 aliphatic carbocycles. The summed E-state index contributed by atoms with van der Waals surface area (Å²) >= 11 is 2.23. The highest BCUT2D eigenvalue weighted by Crippen LogP contribution is 2.34. The third kappa shape index (κ3) is 7.03. The standard InChI is InChI=1S/C19H24N6O3S.C6H4N4O2S.CH3F/c1-11-5-6-13(16-23-15(12(2)28-16)19(3,4)27)10-24(11)17(26)14-9-22-29-18(14)25-20-7-8-21-25;11-6(12)4-3-9-13-5(4)10-7-1-2-8-10;1-2/h7-9,11,13,27H,5-6,10H2,1-4H3;1-3H,(H,11,12);1H3/t11-,13-;;/m1../s1/i;;1D. The van der Waals surface area contributed by atoms with Crippen molar-refractivity contribution < 1.29 is 30.0 Å². The fraction of sp³-hybridized carbons (Fsp3) is 0.423. The molecule has 5 aromatic rings. The Labute approximate surface area is 260 Å². The van der Waals surface area contributed by atoms with Crippen LogP contribution in [0, 0.1) is 6.92 Å². The minimum absolute atomic E-state index is 0.0252. The van der Waals surface area contributed by atoms with Gasteiger partial charge in [-0.15, -0.1) is 9.59 Å². The summed E-state index contributed by atoms with van der Waals surface area (Å²) in [5, 5.41) is 35.9. The highest BCUT2D eigenvalue weighted by Gasteiger charge is 2.36. The number of aliphatic hydroxyl groups is 1. The first kappa shape index (κ1) is 31.0. The molecular weight excluding hydrogens is 615 g/mol. The number of aromatic carboxylic acids is 1. The molecule has 5 aromatic heterocycles. The third-order valence-electron chi connectivity index (χ3n) is 6.65. The van der Waals surface area contributed by atoms with Crippen molar-refractivity contribution in [2.75, 3.05) is 13.7 Å². The number of piperidine rings is 1. The molecule has 2 N–H and O–H groups in total. The highest BCUT2D eigenvalue weighted by atomic mass is 32.1. The second-order valence-electron chi connectivity index (χ2n) is 10.1. The van der Waals surface area contributed by atoms with Gasteiger partial charge in [0.05, 0.1) is 57.2 Å². The van der Waals surface area contributed by atoms with Crippen molar-refractivity contribution in [2.45, 2.75) is 58.1 Å². The SMILES string of the molecule is Cc1oc([C@@H]2CC[C@@H](C)N(C(=O)c3cnsc3-n3nccn3)C2)nc1C(C)(C)O.O=C(O)c1cnsc1-n1nccn1.[2H]CF. The zero-order chi connectivity index (χ0) is 32.7. The Morgan fingerprint density at radius 2 is 1.55 bits per heavy atom. The maximum atomic E-state index is 13.3. The van der Waals surface area contributed by atoms with Crippen LogP contribution in [0.3, 0.4) is 0 Å². The predicted molar refractivity (Wildman–Crippen MR) is 157 cm³/mol. The van der Waals surface area contributed by atoms with Crippen molar-refractivity contribution >= 4 is 34.9 Å². The zero-order valence-electron chi connectivity index (χ0n) is 25.2. The van der Waals surface area contributed by atoms with Gasteiger partial charge in [0, 0.05) is 12.6 Å². The summed E-state index contributed by atoms with van der Waals surface area (Å²) in [7, 11) is -1.00. The van der Waals surface area contributed by atoms with Gasteiger partial charge in [-0.2, -0.15) is 29.1 Å². The number of carboxylic acid groups (broad SMARTS) is 1. The number of aryl methyl sites for hydroxylation is 1. The van der Waals surface area contributed by atoms with Crippen molar-refractivity contribution in [1.82, 2.24) is 48.6 Å². The maximum absolute atomic E-state index is 13.3. The lowest BCUT2D eigenvalue weighted by Crippen LogP contribution is -2.45. The minimum atomic E-state index is -1.07. The van der Waals surface area contributed by atoms with Crippen molar-refractivity contribution in [3.05, 3.63) is 65.7 Å². The molecule has 0 saturated carbocycles. The molecule has 6 heterocycles. The van der Waals surface area contributed by atoms with Gasteiger partial charge in [0.25, 0.3) is 5.91 Å². The lowest BCUT2D eigenvalue weighted by Gasteiger charge is -2.36. The third-order valence-corrected chi connectivity index (χ3v) is 8.18. The van der Waals surface area contributed by atoms with E-state index in [2.05, 4.69) is 34.1 Å². The number of hydrogen-bond acceptors (Lipinski definition) is 13. The predicted octanol–water partition coefficient (Wildman–Crippen LogP) is 3.66. The van der Waals surface area contributed by atoms with E-state index in [1.54, 1.807) is 39.4 Å². The van der Waals surface area contributed by atoms with Gasteiger partial charge in [-0.05, 0) is 63.6 Å². The monoisotopic (exact) mass is 647 g/mol. The van der Waals surface area contributed by atoms with Gasteiger partial charge in [-0.3, -0.25) is 9.18 Å². The Bertz CT molecular complexity index is 1680. The van der Waals surface area contributed by atoms with Gasteiger partial charge in [-0.1, -0.05) is 0 Å². The Hall–Kier alpha value is -4.42. The summed E-state index contributed by atoms with van der Waals surface area (Å²) < 4.78 is 29.3. The largest absolute Gasteiger partial charge is 0.478 e. The Kier molecular flexibility index (Phi) is 9.81. The van der Waals surface area contributed by atoms with Crippen molar-refractivity contribution in [1.29, 1.82) is 0 Å². The van der Waals surface area contributed by atoms with Crippen LogP contribution in [-0.2, 0) is 5.60 Å². The summed E-state index contributed by atoms with van der Waals surface area (Å²) in [5.74, 6) is 0.0259. The number of alkyl halides is 1. The smallest absolute Gasteiger partial charge is 0.340 e. The van der Waals surface area contributed by atoms with Gasteiger partial charge in [-0.25, -0.2) is 9.78 Å². The molecule has 18 heteroatoms. The number of carbonyl (C=O) groups is 2. The van der Waals surface area contributed by atoms with E-state index in [4.69, 9.17) is 10.9 Å². The number of nitrogens with zero attached hydrogens (tertiary/aromatic N) is 10. The molecule has 6 rings (SSSR count). The fourth-order valence-electron chi connectivity index (χ4n) is 4.60. The molecule has 234 valence electrons. The van der Waals surface area contributed by atoms with E-state index in [-0.39, 0.29) is 23.4 Å². The molecule has 0 unspecified atom stereocenters. The Balaban J connectivity index is 0.000000239. The van der Waals surface area contributed by atoms with Crippen LogP contribution < -0.4 is 0 Å². The van der Waals surface area contributed by atoms with Crippen LogP contribution in [0.4, 0.5) is 4.39 Å². The van der Waals surface area contributed by atoms with E-state index in [0.29, 0.717) is 39.5 Å². The summed E-state index contributed by atoms with van der Waals surface area (Å²) in [6, 6.07) is 0.0851. The van der Waals surface area contributed by atoms with Crippen molar-refractivity contribution in [2.24, 2.45) is 0 Å². The Morgan fingerprint density at radius 3 is 2.05 bits per heavy atom. The number of amides is 1. The van der Waals surface area contributed by atoms with Gasteiger partial charge < -0.3 is 19.5 Å². The Morgan fingerprint density at radius 1 is 1.02 bits per heavy atom. The molecule has 44 heavy (non-hydrogen) atoms. The number of oxazole rings is 1. The van der Waals surface area contributed by atoms with E-state index < -0.39 is 18.7 Å². The molecule has 0 aromatic carbocycles. The van der Waals surface area contributed by atoms with Gasteiger partial charge >= 0.3 is 5.97 Å². The molecule has 2 atom stereocenters. The van der Waals surface area contributed by atoms with Crippen LogP contribution in [-0.4, -0.2) is 90.4 Å². The van der Waals surface area contributed by atoms with Crippen molar-refractivity contribution in [3.63, 3.8) is 0 Å². The van der Waals surface area contributed by atoms with Gasteiger partial charge in [0.2, 0.25) is 0 Å². The number of hydrogen-bond donors (Lipinski definition) is 2.